The van der Waals surface area contributed by atoms with Crippen LogP contribution in [0.5, 0.6) is 0 Å². The second-order valence-corrected chi connectivity index (χ2v) is 3.93. The molecule has 0 spiro atoms. The van der Waals surface area contributed by atoms with Gasteiger partial charge in [0.05, 0.1) is 0 Å². The number of hydrogen-bond donors (Lipinski definition) is 4. The van der Waals surface area contributed by atoms with E-state index in [1.807, 2.05) is 0 Å². The molecule has 0 aromatic rings. The zero-order chi connectivity index (χ0) is 12.7. The van der Waals surface area contributed by atoms with Gasteiger partial charge in [-0.2, -0.15) is 0 Å². The number of carbonyl (C=O) groups excluding carboxylic acids is 1. The molecule has 0 saturated carbocycles. The minimum absolute atomic E-state index is 0.00344. The van der Waals surface area contributed by atoms with Gasteiger partial charge in [0, 0.05) is 32.2 Å². The number of hydrogen-bond acceptors (Lipinski definition) is 4. The van der Waals surface area contributed by atoms with Gasteiger partial charge in [0.1, 0.15) is 0 Å². The Kier molecular flexibility index (Phi) is 5.71. The Morgan fingerprint density at radius 2 is 2.00 bits per heavy atom. The van der Waals surface area contributed by atoms with Gasteiger partial charge in [-0.05, 0) is 12.8 Å². The van der Waals surface area contributed by atoms with E-state index < -0.39 is 12.1 Å². The average molecular weight is 246 g/mol. The topological polar surface area (TPSA) is 108 Å². The smallest absolute Gasteiger partial charge is 0.332 e. The molecular weight excluding hydrogens is 228 g/mol. The van der Waals surface area contributed by atoms with E-state index in [1.54, 1.807) is 0 Å². The van der Waals surface area contributed by atoms with Gasteiger partial charge in [0.2, 0.25) is 0 Å². The van der Waals surface area contributed by atoms with Crippen LogP contribution in [0.1, 0.15) is 19.3 Å². The fourth-order valence-corrected chi connectivity index (χ4v) is 1.52. The lowest BCUT2D eigenvalue weighted by molar-refractivity contribution is -0.146. The number of aliphatic hydroxyl groups excluding tert-OH is 1. The summed E-state index contributed by atoms with van der Waals surface area (Å²) < 4.78 is 5.15. The second kappa shape index (κ2) is 7.08. The molecule has 2 amide bonds. The third-order valence-electron chi connectivity index (χ3n) is 2.54. The van der Waals surface area contributed by atoms with Gasteiger partial charge in [-0.25, -0.2) is 9.59 Å². The largest absolute Gasteiger partial charge is 0.479 e. The van der Waals surface area contributed by atoms with Crippen LogP contribution in [0, 0.1) is 0 Å². The Balaban J connectivity index is 2.10. The van der Waals surface area contributed by atoms with Crippen molar-refractivity contribution in [2.45, 2.75) is 31.4 Å². The fraction of sp³-hybridized carbons (Fsp3) is 0.800. The summed E-state index contributed by atoms with van der Waals surface area (Å²) in [5.74, 6) is -1.28. The highest BCUT2D eigenvalue weighted by Crippen LogP contribution is 2.05. The van der Waals surface area contributed by atoms with Crippen LogP contribution in [0.25, 0.3) is 0 Å². The van der Waals surface area contributed by atoms with Gasteiger partial charge in [-0.3, -0.25) is 0 Å². The Hall–Kier alpha value is -1.34. The zero-order valence-electron chi connectivity index (χ0n) is 9.52. The van der Waals surface area contributed by atoms with Crippen LogP contribution in [0.4, 0.5) is 4.79 Å². The number of carboxylic acids is 1. The van der Waals surface area contributed by atoms with Crippen molar-refractivity contribution in [2.24, 2.45) is 0 Å². The number of nitrogens with one attached hydrogen (secondary N) is 2. The molecular formula is C10H18N2O5. The van der Waals surface area contributed by atoms with E-state index in [2.05, 4.69) is 10.6 Å². The Morgan fingerprint density at radius 3 is 2.59 bits per heavy atom. The first-order valence-electron chi connectivity index (χ1n) is 5.62. The van der Waals surface area contributed by atoms with Gasteiger partial charge in [0.25, 0.3) is 0 Å². The monoisotopic (exact) mass is 246 g/mol. The molecule has 1 aliphatic heterocycles. The van der Waals surface area contributed by atoms with Crippen molar-refractivity contribution in [2.75, 3.05) is 19.8 Å². The molecule has 0 aromatic heterocycles. The molecule has 1 saturated heterocycles. The molecule has 1 fully saturated rings. The van der Waals surface area contributed by atoms with Crippen molar-refractivity contribution in [3.8, 4) is 0 Å². The molecule has 0 aromatic carbocycles. The first-order valence-corrected chi connectivity index (χ1v) is 5.62. The fourth-order valence-electron chi connectivity index (χ4n) is 1.52. The summed E-state index contributed by atoms with van der Waals surface area (Å²) in [7, 11) is 0. The molecule has 98 valence electrons. The van der Waals surface area contributed by atoms with Crippen LogP contribution in [0.2, 0.25) is 0 Å². The highest BCUT2D eigenvalue weighted by molar-refractivity contribution is 5.74. The van der Waals surface area contributed by atoms with Crippen LogP contribution in [-0.2, 0) is 9.53 Å². The van der Waals surface area contributed by atoms with Crippen molar-refractivity contribution in [3.05, 3.63) is 0 Å². The standard InChI is InChI=1S/C10H18N2O5/c13-8(9(14)15)1-4-11-10(16)12-7-2-5-17-6-3-7/h7-8,13H,1-6H2,(H,14,15)(H2,11,12,16)/t8-/m0/s1. The molecule has 1 rings (SSSR count). The summed E-state index contributed by atoms with van der Waals surface area (Å²) in [6.07, 6.45) is 0.130. The lowest BCUT2D eigenvalue weighted by atomic mass is 10.1. The molecule has 1 atom stereocenters. The molecule has 0 aliphatic carbocycles. The number of ether oxygens (including phenoxy) is 1. The van der Waals surface area contributed by atoms with Gasteiger partial charge in [-0.1, -0.05) is 0 Å². The van der Waals surface area contributed by atoms with E-state index in [0.29, 0.717) is 13.2 Å². The normalized spacial score (nSPS) is 18.4. The van der Waals surface area contributed by atoms with Crippen molar-refractivity contribution in [1.29, 1.82) is 0 Å². The molecule has 1 aliphatic rings. The summed E-state index contributed by atoms with van der Waals surface area (Å²) in [6, 6.07) is -0.234. The molecule has 7 heteroatoms. The van der Waals surface area contributed by atoms with Gasteiger partial charge < -0.3 is 25.6 Å². The first kappa shape index (κ1) is 13.7. The van der Waals surface area contributed by atoms with Crippen LogP contribution in [0.15, 0.2) is 0 Å². The number of rotatable bonds is 5. The lowest BCUT2D eigenvalue weighted by Gasteiger charge is -2.23. The minimum atomic E-state index is -1.43. The molecule has 0 bridgehead atoms. The SMILES string of the molecule is O=C(NCC[C@H](O)C(=O)O)NC1CCOCC1. The molecule has 1 heterocycles. The minimum Gasteiger partial charge on any atom is -0.479 e. The average Bonchev–Trinajstić information content (AvgIpc) is 2.30. The maximum Gasteiger partial charge on any atom is 0.332 e. The third-order valence-corrected chi connectivity index (χ3v) is 2.54. The zero-order valence-corrected chi connectivity index (χ0v) is 9.52. The molecule has 7 nitrogen and oxygen atoms in total. The second-order valence-electron chi connectivity index (χ2n) is 3.93. The van der Waals surface area contributed by atoms with Crippen LogP contribution in [0.3, 0.4) is 0 Å². The van der Waals surface area contributed by atoms with E-state index in [1.165, 1.54) is 0 Å². The van der Waals surface area contributed by atoms with Gasteiger partial charge in [-0.15, -0.1) is 0 Å². The van der Waals surface area contributed by atoms with E-state index in [9.17, 15) is 9.59 Å². The van der Waals surface area contributed by atoms with Crippen LogP contribution >= 0.6 is 0 Å². The number of aliphatic hydroxyl groups is 1. The van der Waals surface area contributed by atoms with Crippen molar-refractivity contribution in [1.82, 2.24) is 10.6 Å². The number of aliphatic carboxylic acids is 1. The maximum atomic E-state index is 11.4. The number of urea groups is 1. The highest BCUT2D eigenvalue weighted by Gasteiger charge is 2.16. The summed E-state index contributed by atoms with van der Waals surface area (Å²) in [5.41, 5.74) is 0. The van der Waals surface area contributed by atoms with E-state index in [-0.39, 0.29) is 25.0 Å². The lowest BCUT2D eigenvalue weighted by Crippen LogP contribution is -2.45. The predicted molar refractivity (Wildman–Crippen MR) is 58.6 cm³/mol. The third kappa shape index (κ3) is 5.50. The molecule has 17 heavy (non-hydrogen) atoms. The van der Waals surface area contributed by atoms with Gasteiger partial charge >= 0.3 is 12.0 Å². The first-order chi connectivity index (χ1) is 8.09. The Labute approximate surface area is 99.1 Å². The van der Waals surface area contributed by atoms with Crippen LogP contribution in [-0.4, -0.2) is 54.1 Å². The van der Waals surface area contributed by atoms with Crippen molar-refractivity contribution >= 4 is 12.0 Å². The molecule has 4 N–H and O–H groups in total. The predicted octanol–water partition coefficient (Wildman–Crippen LogP) is -0.700. The van der Waals surface area contributed by atoms with Gasteiger partial charge in [0.15, 0.2) is 6.10 Å². The summed E-state index contributed by atoms with van der Waals surface area (Å²) in [4.78, 5) is 21.7. The quantitative estimate of drug-likeness (QED) is 0.513. The Bertz CT molecular complexity index is 265. The van der Waals surface area contributed by atoms with Crippen molar-refractivity contribution in [3.63, 3.8) is 0 Å². The van der Waals surface area contributed by atoms with Crippen molar-refractivity contribution < 1.29 is 24.5 Å². The van der Waals surface area contributed by atoms with E-state index >= 15 is 0 Å². The van der Waals surface area contributed by atoms with E-state index in [0.717, 1.165) is 12.8 Å². The summed E-state index contributed by atoms with van der Waals surface area (Å²) in [5, 5.41) is 22.7. The molecule has 0 unspecified atom stereocenters. The summed E-state index contributed by atoms with van der Waals surface area (Å²) in [6.45, 7) is 1.41. The van der Waals surface area contributed by atoms with E-state index in [4.69, 9.17) is 14.9 Å². The summed E-state index contributed by atoms with van der Waals surface area (Å²) >= 11 is 0. The number of amides is 2. The molecule has 0 radical (unpaired) electrons. The highest BCUT2D eigenvalue weighted by atomic mass is 16.5. The maximum absolute atomic E-state index is 11.4. The van der Waals surface area contributed by atoms with Crippen LogP contribution < -0.4 is 10.6 Å². The number of carbonyl (C=O) groups is 2. The number of carboxylic acid groups (broad SMARTS) is 1. The Morgan fingerprint density at radius 1 is 1.35 bits per heavy atom.